The predicted molar refractivity (Wildman–Crippen MR) is 91.5 cm³/mol. The quantitative estimate of drug-likeness (QED) is 0.912. The van der Waals surface area contributed by atoms with Crippen molar-refractivity contribution in [1.82, 2.24) is 14.6 Å². The van der Waals surface area contributed by atoms with Gasteiger partial charge in [0.05, 0.1) is 18.0 Å². The van der Waals surface area contributed by atoms with Crippen LogP contribution in [0.3, 0.4) is 0 Å². The lowest BCUT2D eigenvalue weighted by Crippen LogP contribution is -2.48. The topological polar surface area (TPSA) is 71.5 Å². The van der Waals surface area contributed by atoms with Crippen LogP contribution in [-0.2, 0) is 10.0 Å². The van der Waals surface area contributed by atoms with Gasteiger partial charge in [-0.15, -0.1) is 0 Å². The predicted octanol–water partition coefficient (Wildman–Crippen LogP) is 1.73. The molecule has 1 saturated heterocycles. The van der Waals surface area contributed by atoms with Crippen molar-refractivity contribution in [3.8, 4) is 5.75 Å². The second kappa shape index (κ2) is 6.88. The van der Waals surface area contributed by atoms with E-state index < -0.39 is 10.0 Å². The highest BCUT2D eigenvalue weighted by molar-refractivity contribution is 7.89. The molecule has 1 aliphatic heterocycles. The molecule has 0 amide bonds. The number of benzene rings is 1. The Kier molecular flexibility index (Phi) is 4.84. The molecule has 1 fully saturated rings. The highest BCUT2D eigenvalue weighted by Gasteiger charge is 2.34. The standard InChI is InChI=1S/C17H21N3O3S/c1-13-10-15(5-6-17(13)23-2)24(21,22)20-9-8-19-12-16(20)14-4-3-7-18-11-14/h3-7,10-11,16,19H,8-9,12H2,1-2H3. The van der Waals surface area contributed by atoms with E-state index in [0.717, 1.165) is 11.1 Å². The zero-order valence-corrected chi connectivity index (χ0v) is 14.6. The lowest BCUT2D eigenvalue weighted by molar-refractivity contribution is 0.271. The van der Waals surface area contributed by atoms with Crippen molar-refractivity contribution in [2.45, 2.75) is 17.9 Å². The van der Waals surface area contributed by atoms with Crippen LogP contribution in [0.1, 0.15) is 17.2 Å². The van der Waals surface area contributed by atoms with Crippen LogP contribution < -0.4 is 10.1 Å². The van der Waals surface area contributed by atoms with Crippen LogP contribution in [0, 0.1) is 6.92 Å². The van der Waals surface area contributed by atoms with Gasteiger partial charge in [-0.2, -0.15) is 4.31 Å². The van der Waals surface area contributed by atoms with Gasteiger partial charge in [-0.05, 0) is 42.3 Å². The number of nitrogens with one attached hydrogen (secondary N) is 1. The van der Waals surface area contributed by atoms with E-state index in [1.807, 2.05) is 19.1 Å². The number of hydrogen-bond acceptors (Lipinski definition) is 5. The molecular formula is C17H21N3O3S. The summed E-state index contributed by atoms with van der Waals surface area (Å²) in [7, 11) is -2.02. The molecule has 0 saturated carbocycles. The Morgan fingerprint density at radius 1 is 1.33 bits per heavy atom. The summed E-state index contributed by atoms with van der Waals surface area (Å²) >= 11 is 0. The first kappa shape index (κ1) is 16.9. The molecule has 1 aliphatic rings. The second-order valence-corrected chi connectivity index (χ2v) is 7.64. The number of aromatic nitrogens is 1. The maximum absolute atomic E-state index is 13.2. The monoisotopic (exact) mass is 347 g/mol. The second-order valence-electron chi connectivity index (χ2n) is 5.75. The molecule has 6 nitrogen and oxygen atoms in total. The van der Waals surface area contributed by atoms with E-state index in [2.05, 4.69) is 10.3 Å². The van der Waals surface area contributed by atoms with Crippen LogP contribution in [0.5, 0.6) is 5.75 Å². The van der Waals surface area contributed by atoms with Gasteiger partial charge in [0.25, 0.3) is 0 Å². The average molecular weight is 347 g/mol. The van der Waals surface area contributed by atoms with Gasteiger partial charge in [-0.3, -0.25) is 4.98 Å². The normalized spacial score (nSPS) is 19.2. The minimum atomic E-state index is -3.60. The summed E-state index contributed by atoms with van der Waals surface area (Å²) in [4.78, 5) is 4.41. The first-order valence-corrected chi connectivity index (χ1v) is 9.25. The van der Waals surface area contributed by atoms with Crippen molar-refractivity contribution in [2.24, 2.45) is 0 Å². The van der Waals surface area contributed by atoms with Gasteiger partial charge in [-0.1, -0.05) is 6.07 Å². The van der Waals surface area contributed by atoms with Crippen molar-refractivity contribution in [3.05, 3.63) is 53.9 Å². The van der Waals surface area contributed by atoms with Gasteiger partial charge in [0.1, 0.15) is 5.75 Å². The van der Waals surface area contributed by atoms with Crippen LogP contribution in [-0.4, -0.2) is 44.5 Å². The number of pyridine rings is 1. The van der Waals surface area contributed by atoms with Crippen LogP contribution in [0.2, 0.25) is 0 Å². The highest BCUT2D eigenvalue weighted by atomic mass is 32.2. The Morgan fingerprint density at radius 3 is 2.83 bits per heavy atom. The first-order chi connectivity index (χ1) is 11.5. The molecule has 0 spiro atoms. The summed E-state index contributed by atoms with van der Waals surface area (Å²) in [5, 5.41) is 3.26. The van der Waals surface area contributed by atoms with Crippen LogP contribution >= 0.6 is 0 Å². The van der Waals surface area contributed by atoms with E-state index in [4.69, 9.17) is 4.74 Å². The summed E-state index contributed by atoms with van der Waals surface area (Å²) in [5.74, 6) is 0.679. The zero-order valence-electron chi connectivity index (χ0n) is 13.8. The van der Waals surface area contributed by atoms with Crippen molar-refractivity contribution < 1.29 is 13.2 Å². The van der Waals surface area contributed by atoms with E-state index >= 15 is 0 Å². The fraction of sp³-hybridized carbons (Fsp3) is 0.353. The summed E-state index contributed by atoms with van der Waals surface area (Å²) < 4.78 is 33.1. The van der Waals surface area contributed by atoms with Crippen molar-refractivity contribution in [1.29, 1.82) is 0 Å². The van der Waals surface area contributed by atoms with E-state index in [9.17, 15) is 8.42 Å². The molecule has 7 heteroatoms. The third-order valence-corrected chi connectivity index (χ3v) is 6.14. The molecule has 2 heterocycles. The minimum absolute atomic E-state index is 0.264. The van der Waals surface area contributed by atoms with Crippen molar-refractivity contribution >= 4 is 10.0 Å². The highest BCUT2D eigenvalue weighted by Crippen LogP contribution is 2.30. The maximum atomic E-state index is 13.2. The SMILES string of the molecule is COc1ccc(S(=O)(=O)N2CCNCC2c2cccnc2)cc1C. The van der Waals surface area contributed by atoms with Gasteiger partial charge < -0.3 is 10.1 Å². The Morgan fingerprint density at radius 2 is 2.17 bits per heavy atom. The number of nitrogens with zero attached hydrogens (tertiary/aromatic N) is 2. The van der Waals surface area contributed by atoms with E-state index in [-0.39, 0.29) is 10.9 Å². The first-order valence-electron chi connectivity index (χ1n) is 7.81. The average Bonchev–Trinajstić information content (AvgIpc) is 2.62. The van der Waals surface area contributed by atoms with Crippen LogP contribution in [0.4, 0.5) is 0 Å². The summed E-state index contributed by atoms with van der Waals surface area (Å²) in [6, 6.07) is 8.43. The molecule has 24 heavy (non-hydrogen) atoms. The minimum Gasteiger partial charge on any atom is -0.496 e. The molecule has 1 N–H and O–H groups in total. The van der Waals surface area contributed by atoms with E-state index in [0.29, 0.717) is 25.4 Å². The molecule has 3 rings (SSSR count). The summed E-state index contributed by atoms with van der Waals surface area (Å²) in [6.45, 7) is 3.46. The van der Waals surface area contributed by atoms with Crippen LogP contribution in [0.25, 0.3) is 0 Å². The molecular weight excluding hydrogens is 326 g/mol. The fourth-order valence-electron chi connectivity index (χ4n) is 2.98. The maximum Gasteiger partial charge on any atom is 0.243 e. The Hall–Kier alpha value is -1.96. The van der Waals surface area contributed by atoms with Gasteiger partial charge in [0.15, 0.2) is 0 Å². The summed E-state index contributed by atoms with van der Waals surface area (Å²) in [6.07, 6.45) is 3.41. The van der Waals surface area contributed by atoms with E-state index in [1.165, 1.54) is 0 Å². The summed E-state index contributed by atoms with van der Waals surface area (Å²) in [5.41, 5.74) is 1.69. The smallest absolute Gasteiger partial charge is 0.243 e. The van der Waals surface area contributed by atoms with E-state index in [1.54, 1.807) is 42.0 Å². The molecule has 0 aliphatic carbocycles. The van der Waals surface area contributed by atoms with Crippen LogP contribution in [0.15, 0.2) is 47.6 Å². The molecule has 1 atom stereocenters. The molecule has 128 valence electrons. The molecule has 1 unspecified atom stereocenters. The van der Waals surface area contributed by atoms with Gasteiger partial charge in [0.2, 0.25) is 10.0 Å². The van der Waals surface area contributed by atoms with Crippen molar-refractivity contribution in [2.75, 3.05) is 26.7 Å². The Labute approximate surface area is 142 Å². The van der Waals surface area contributed by atoms with Gasteiger partial charge >= 0.3 is 0 Å². The Balaban J connectivity index is 1.99. The number of hydrogen-bond donors (Lipinski definition) is 1. The molecule has 0 bridgehead atoms. The zero-order chi connectivity index (χ0) is 17.2. The Bertz CT molecular complexity index is 809. The number of rotatable bonds is 4. The number of methoxy groups -OCH3 is 1. The lowest BCUT2D eigenvalue weighted by Gasteiger charge is -2.35. The molecule has 2 aromatic rings. The number of sulfonamides is 1. The number of aryl methyl sites for hydroxylation is 1. The molecule has 1 aromatic heterocycles. The molecule has 0 radical (unpaired) electrons. The third-order valence-electron chi connectivity index (χ3n) is 4.24. The lowest BCUT2D eigenvalue weighted by atomic mass is 10.1. The van der Waals surface area contributed by atoms with Gasteiger partial charge in [0, 0.05) is 32.0 Å². The molecule has 1 aromatic carbocycles. The fourth-order valence-corrected chi connectivity index (χ4v) is 4.68. The van der Waals surface area contributed by atoms with Gasteiger partial charge in [-0.25, -0.2) is 8.42 Å². The van der Waals surface area contributed by atoms with Crippen molar-refractivity contribution in [3.63, 3.8) is 0 Å². The number of ether oxygens (including phenoxy) is 1. The number of piperazine rings is 1. The third kappa shape index (κ3) is 3.15. The largest absolute Gasteiger partial charge is 0.496 e.